The highest BCUT2D eigenvalue weighted by Crippen LogP contribution is 2.38. The van der Waals surface area contributed by atoms with Gasteiger partial charge in [-0.3, -0.25) is 0 Å². The number of nitrogens with zero attached hydrogens (tertiary/aromatic N) is 4. The first-order chi connectivity index (χ1) is 12.2. The van der Waals surface area contributed by atoms with Crippen LogP contribution in [0, 0.1) is 11.3 Å². The van der Waals surface area contributed by atoms with Crippen molar-refractivity contribution < 1.29 is 14.3 Å². The van der Waals surface area contributed by atoms with Crippen molar-refractivity contribution in [3.05, 3.63) is 32.9 Å². The third kappa shape index (κ3) is 4.59. The Morgan fingerprint density at radius 1 is 1.31 bits per heavy atom. The molecule has 2 aromatic rings. The minimum absolute atomic E-state index is 0.0372. The Balaban J connectivity index is 2.44. The van der Waals surface area contributed by atoms with Crippen LogP contribution in [0.5, 0.6) is 0 Å². The van der Waals surface area contributed by atoms with Crippen molar-refractivity contribution in [3.8, 4) is 17.5 Å². The third-order valence-corrected chi connectivity index (χ3v) is 4.42. The van der Waals surface area contributed by atoms with E-state index in [4.69, 9.17) is 39.2 Å². The molecule has 1 heterocycles. The number of aromatic nitrogens is 1. The molecule has 0 bridgehead atoms. The standard InChI is InChI=1S/C16H15Cl3N4O3/c1-22(2)4-3-5-23(16(24)25)15-12(8-20)21-14(26-15)10-6-9(17)7-11(18)13(10)19/h6-7H,3-5H2,1-2H3,(H,24,25). The second kappa shape index (κ2) is 8.60. The molecule has 0 saturated carbocycles. The lowest BCUT2D eigenvalue weighted by molar-refractivity contribution is 0.200. The molecule has 0 fully saturated rings. The minimum Gasteiger partial charge on any atom is -0.465 e. The lowest BCUT2D eigenvalue weighted by atomic mass is 10.2. The van der Waals surface area contributed by atoms with Crippen LogP contribution in [0.2, 0.25) is 15.1 Å². The SMILES string of the molecule is CN(C)CCCN(C(=O)O)c1oc(-c2cc(Cl)cc(Cl)c2Cl)nc1C#N. The van der Waals surface area contributed by atoms with Crippen LogP contribution in [0.15, 0.2) is 16.5 Å². The Hall–Kier alpha value is -1.98. The molecule has 138 valence electrons. The van der Waals surface area contributed by atoms with Gasteiger partial charge in [-0.2, -0.15) is 10.2 Å². The fourth-order valence-electron chi connectivity index (χ4n) is 2.22. The third-order valence-electron chi connectivity index (χ3n) is 3.40. The molecule has 0 spiro atoms. The predicted molar refractivity (Wildman–Crippen MR) is 100 cm³/mol. The highest BCUT2D eigenvalue weighted by Gasteiger charge is 2.26. The highest BCUT2D eigenvalue weighted by molar-refractivity contribution is 6.44. The van der Waals surface area contributed by atoms with E-state index in [0.717, 1.165) is 4.90 Å². The van der Waals surface area contributed by atoms with Gasteiger partial charge in [0.05, 0.1) is 15.6 Å². The van der Waals surface area contributed by atoms with Crippen LogP contribution in [-0.2, 0) is 0 Å². The molecule has 26 heavy (non-hydrogen) atoms. The van der Waals surface area contributed by atoms with E-state index in [1.165, 1.54) is 12.1 Å². The van der Waals surface area contributed by atoms with E-state index in [2.05, 4.69) is 4.98 Å². The van der Waals surface area contributed by atoms with E-state index >= 15 is 0 Å². The van der Waals surface area contributed by atoms with Gasteiger partial charge >= 0.3 is 6.09 Å². The fraction of sp³-hybridized carbons (Fsp3) is 0.312. The quantitative estimate of drug-likeness (QED) is 0.690. The maximum Gasteiger partial charge on any atom is 0.414 e. The van der Waals surface area contributed by atoms with Gasteiger partial charge in [0.15, 0.2) is 0 Å². The Morgan fingerprint density at radius 3 is 2.58 bits per heavy atom. The first-order valence-corrected chi connectivity index (χ1v) is 8.59. The van der Waals surface area contributed by atoms with E-state index in [-0.39, 0.29) is 39.6 Å². The van der Waals surface area contributed by atoms with Gasteiger partial charge in [0.1, 0.15) is 6.07 Å². The molecule has 1 aromatic heterocycles. The smallest absolute Gasteiger partial charge is 0.414 e. The lowest BCUT2D eigenvalue weighted by Gasteiger charge is -2.17. The fourth-order valence-corrected chi connectivity index (χ4v) is 2.91. The van der Waals surface area contributed by atoms with Crippen molar-refractivity contribution in [2.45, 2.75) is 6.42 Å². The van der Waals surface area contributed by atoms with Crippen molar-refractivity contribution in [2.75, 3.05) is 32.1 Å². The van der Waals surface area contributed by atoms with Crippen LogP contribution in [0.25, 0.3) is 11.5 Å². The topological polar surface area (TPSA) is 93.6 Å². The molecule has 0 aliphatic rings. The van der Waals surface area contributed by atoms with Gasteiger partial charge in [0.25, 0.3) is 0 Å². The Kier molecular flexibility index (Phi) is 6.73. The van der Waals surface area contributed by atoms with E-state index in [9.17, 15) is 15.2 Å². The summed E-state index contributed by atoms with van der Waals surface area (Å²) in [5.74, 6) is -0.203. The number of anilines is 1. The molecule has 0 aliphatic carbocycles. The van der Waals surface area contributed by atoms with E-state index in [0.29, 0.717) is 18.0 Å². The molecule has 1 amide bonds. The Bertz CT molecular complexity index is 861. The Labute approximate surface area is 165 Å². The number of carbonyl (C=O) groups is 1. The molecule has 10 heteroatoms. The van der Waals surface area contributed by atoms with Crippen molar-refractivity contribution in [1.82, 2.24) is 9.88 Å². The molecular weight excluding hydrogens is 403 g/mol. The number of hydrogen-bond donors (Lipinski definition) is 1. The molecule has 1 aromatic carbocycles. The largest absolute Gasteiger partial charge is 0.465 e. The molecule has 0 unspecified atom stereocenters. The summed E-state index contributed by atoms with van der Waals surface area (Å²) < 4.78 is 5.56. The summed E-state index contributed by atoms with van der Waals surface area (Å²) in [6.45, 7) is 0.809. The van der Waals surface area contributed by atoms with Crippen molar-refractivity contribution in [2.24, 2.45) is 0 Å². The van der Waals surface area contributed by atoms with E-state index in [1.807, 2.05) is 25.1 Å². The van der Waals surface area contributed by atoms with E-state index < -0.39 is 6.09 Å². The first-order valence-electron chi connectivity index (χ1n) is 7.45. The number of oxazole rings is 1. The number of amides is 1. The van der Waals surface area contributed by atoms with Crippen molar-refractivity contribution in [1.29, 1.82) is 5.26 Å². The average molecular weight is 418 g/mol. The van der Waals surface area contributed by atoms with Crippen LogP contribution in [-0.4, -0.2) is 48.3 Å². The molecule has 0 atom stereocenters. The molecule has 1 N–H and O–H groups in total. The zero-order valence-electron chi connectivity index (χ0n) is 14.0. The van der Waals surface area contributed by atoms with Gasteiger partial charge in [0, 0.05) is 11.6 Å². The molecule has 0 saturated heterocycles. The summed E-state index contributed by atoms with van der Waals surface area (Å²) in [5, 5.41) is 19.4. The van der Waals surface area contributed by atoms with Crippen LogP contribution in [0.4, 0.5) is 10.7 Å². The summed E-state index contributed by atoms with van der Waals surface area (Å²) in [6.07, 6.45) is -0.706. The van der Waals surface area contributed by atoms with Gasteiger partial charge in [-0.15, -0.1) is 0 Å². The second-order valence-electron chi connectivity index (χ2n) is 5.62. The summed E-state index contributed by atoms with van der Waals surface area (Å²) >= 11 is 18.1. The maximum absolute atomic E-state index is 11.6. The first kappa shape index (κ1) is 20.3. The van der Waals surface area contributed by atoms with Gasteiger partial charge in [-0.05, 0) is 39.2 Å². The van der Waals surface area contributed by atoms with Gasteiger partial charge in [-0.1, -0.05) is 34.8 Å². The number of nitriles is 1. The summed E-state index contributed by atoms with van der Waals surface area (Å²) in [4.78, 5) is 18.5. The van der Waals surface area contributed by atoms with Crippen LogP contribution in [0.1, 0.15) is 12.1 Å². The van der Waals surface area contributed by atoms with E-state index in [1.54, 1.807) is 0 Å². The lowest BCUT2D eigenvalue weighted by Crippen LogP contribution is -2.32. The van der Waals surface area contributed by atoms with Gasteiger partial charge < -0.3 is 14.4 Å². The molecule has 2 rings (SSSR count). The van der Waals surface area contributed by atoms with Crippen LogP contribution in [0.3, 0.4) is 0 Å². The minimum atomic E-state index is -1.25. The Morgan fingerprint density at radius 2 is 2.00 bits per heavy atom. The number of rotatable bonds is 6. The zero-order valence-corrected chi connectivity index (χ0v) is 16.2. The number of hydrogen-bond acceptors (Lipinski definition) is 5. The van der Waals surface area contributed by atoms with Crippen molar-refractivity contribution in [3.63, 3.8) is 0 Å². The number of carboxylic acid groups (broad SMARTS) is 1. The predicted octanol–water partition coefficient (Wildman–Crippen LogP) is 4.61. The molecule has 7 nitrogen and oxygen atoms in total. The normalized spacial score (nSPS) is 10.8. The maximum atomic E-state index is 11.6. The summed E-state index contributed by atoms with van der Waals surface area (Å²) in [5.41, 5.74) is 0.102. The van der Waals surface area contributed by atoms with Crippen LogP contribution >= 0.6 is 34.8 Å². The average Bonchev–Trinajstić information content (AvgIpc) is 2.98. The molecular formula is C16H15Cl3N4O3. The number of halogens is 3. The molecule has 0 radical (unpaired) electrons. The molecule has 0 aliphatic heterocycles. The number of benzene rings is 1. The summed E-state index contributed by atoms with van der Waals surface area (Å²) in [6, 6.07) is 4.77. The second-order valence-corrected chi connectivity index (χ2v) is 6.85. The van der Waals surface area contributed by atoms with Crippen LogP contribution < -0.4 is 4.90 Å². The summed E-state index contributed by atoms with van der Waals surface area (Å²) in [7, 11) is 3.76. The van der Waals surface area contributed by atoms with Gasteiger partial charge in [-0.25, -0.2) is 9.69 Å². The van der Waals surface area contributed by atoms with Gasteiger partial charge in [0.2, 0.25) is 17.5 Å². The zero-order chi connectivity index (χ0) is 19.4. The van der Waals surface area contributed by atoms with Crippen molar-refractivity contribution >= 4 is 46.8 Å². The monoisotopic (exact) mass is 416 g/mol. The highest BCUT2D eigenvalue weighted by atomic mass is 35.5.